The van der Waals surface area contributed by atoms with Crippen molar-refractivity contribution in [1.29, 1.82) is 0 Å². The van der Waals surface area contributed by atoms with Crippen LogP contribution < -0.4 is 5.32 Å². The lowest BCUT2D eigenvalue weighted by atomic mass is 9.78. The zero-order chi connectivity index (χ0) is 21.0. The van der Waals surface area contributed by atoms with Crippen molar-refractivity contribution in [2.75, 3.05) is 19.6 Å². The van der Waals surface area contributed by atoms with E-state index in [-0.39, 0.29) is 29.1 Å². The van der Waals surface area contributed by atoms with E-state index in [1.165, 1.54) is 25.2 Å². The molecular formula is C23H32FN5O. The number of carbonyl (C=O) groups is 1. The highest BCUT2D eigenvalue weighted by Gasteiger charge is 2.38. The molecule has 1 saturated heterocycles. The van der Waals surface area contributed by atoms with E-state index >= 15 is 0 Å². The molecule has 0 bridgehead atoms. The fourth-order valence-electron chi connectivity index (χ4n) is 5.11. The van der Waals surface area contributed by atoms with Gasteiger partial charge in [-0.1, -0.05) is 31.9 Å². The molecule has 1 atom stereocenters. The largest absolute Gasteiger partial charge is 0.353 e. The highest BCUT2D eigenvalue weighted by Crippen LogP contribution is 2.42. The molecule has 1 unspecified atom stereocenters. The van der Waals surface area contributed by atoms with Gasteiger partial charge in [0.25, 0.3) is 0 Å². The summed E-state index contributed by atoms with van der Waals surface area (Å²) in [5, 5.41) is 7.29. The molecule has 0 radical (unpaired) electrons. The van der Waals surface area contributed by atoms with Gasteiger partial charge < -0.3 is 10.2 Å². The van der Waals surface area contributed by atoms with Gasteiger partial charge in [0, 0.05) is 31.1 Å². The second-order valence-electron chi connectivity index (χ2n) is 9.08. The normalized spacial score (nSPS) is 20.9. The predicted octanol–water partition coefficient (Wildman–Crippen LogP) is 3.15. The maximum absolute atomic E-state index is 13.9. The van der Waals surface area contributed by atoms with Gasteiger partial charge in [-0.15, -0.1) is 0 Å². The number of rotatable bonds is 7. The molecule has 6 nitrogen and oxygen atoms in total. The first-order chi connectivity index (χ1) is 14.5. The molecule has 2 heterocycles. The molecule has 7 heteroatoms. The molecule has 30 heavy (non-hydrogen) atoms. The van der Waals surface area contributed by atoms with Gasteiger partial charge in [0.15, 0.2) is 0 Å². The van der Waals surface area contributed by atoms with Crippen LogP contribution in [0.5, 0.6) is 0 Å². The third kappa shape index (κ3) is 4.89. The minimum absolute atomic E-state index is 0.0739. The van der Waals surface area contributed by atoms with E-state index in [1.54, 1.807) is 17.1 Å². The van der Waals surface area contributed by atoms with Crippen molar-refractivity contribution in [2.24, 2.45) is 5.92 Å². The highest BCUT2D eigenvalue weighted by molar-refractivity contribution is 5.78. The molecule has 2 fully saturated rings. The number of aromatic nitrogens is 3. The van der Waals surface area contributed by atoms with Crippen LogP contribution in [0.25, 0.3) is 0 Å². The molecule has 2 aliphatic rings. The van der Waals surface area contributed by atoms with Crippen molar-refractivity contribution in [3.63, 3.8) is 0 Å². The average Bonchev–Trinajstić information content (AvgIpc) is 3.42. The molecule has 162 valence electrons. The molecule has 1 amide bonds. The Morgan fingerprint density at radius 2 is 2.07 bits per heavy atom. The topological polar surface area (TPSA) is 63.1 Å². The minimum Gasteiger partial charge on any atom is -0.353 e. The van der Waals surface area contributed by atoms with Crippen molar-refractivity contribution in [2.45, 2.75) is 63.5 Å². The Morgan fingerprint density at radius 3 is 2.73 bits per heavy atom. The van der Waals surface area contributed by atoms with Crippen molar-refractivity contribution in [1.82, 2.24) is 25.0 Å². The van der Waals surface area contributed by atoms with Crippen LogP contribution >= 0.6 is 0 Å². The van der Waals surface area contributed by atoms with E-state index in [1.807, 2.05) is 13.0 Å². The van der Waals surface area contributed by atoms with Gasteiger partial charge in [-0.3, -0.25) is 9.48 Å². The summed E-state index contributed by atoms with van der Waals surface area (Å²) < 4.78 is 15.6. The molecule has 1 aliphatic heterocycles. The van der Waals surface area contributed by atoms with Crippen LogP contribution in [0.2, 0.25) is 0 Å². The zero-order valence-electron chi connectivity index (χ0n) is 17.8. The molecule has 4 rings (SSSR count). The van der Waals surface area contributed by atoms with Gasteiger partial charge in [-0.25, -0.2) is 9.37 Å². The minimum atomic E-state index is -0.139. The molecule has 1 saturated carbocycles. The Morgan fingerprint density at radius 1 is 1.30 bits per heavy atom. The van der Waals surface area contributed by atoms with E-state index in [4.69, 9.17) is 0 Å². The van der Waals surface area contributed by atoms with Gasteiger partial charge in [0.1, 0.15) is 18.5 Å². The second kappa shape index (κ2) is 9.25. The Hall–Kier alpha value is -2.28. The van der Waals surface area contributed by atoms with Crippen molar-refractivity contribution in [3.05, 3.63) is 48.3 Å². The molecule has 1 N–H and O–H groups in total. The van der Waals surface area contributed by atoms with E-state index in [2.05, 4.69) is 26.4 Å². The van der Waals surface area contributed by atoms with Crippen molar-refractivity contribution < 1.29 is 9.18 Å². The summed E-state index contributed by atoms with van der Waals surface area (Å²) in [7, 11) is 0. The monoisotopic (exact) mass is 413 g/mol. The van der Waals surface area contributed by atoms with Gasteiger partial charge in [-0.05, 0) is 43.4 Å². The quantitative estimate of drug-likeness (QED) is 0.758. The number of hydrogen-bond acceptors (Lipinski definition) is 4. The average molecular weight is 414 g/mol. The number of nitrogens with one attached hydrogen (secondary N) is 1. The Labute approximate surface area is 177 Å². The number of benzene rings is 1. The van der Waals surface area contributed by atoms with Crippen LogP contribution in [0.15, 0.2) is 36.9 Å². The lowest BCUT2D eigenvalue weighted by Gasteiger charge is -2.40. The van der Waals surface area contributed by atoms with Crippen LogP contribution in [-0.4, -0.2) is 51.2 Å². The summed E-state index contributed by atoms with van der Waals surface area (Å²) in [5.74, 6) is -0.198. The van der Waals surface area contributed by atoms with Gasteiger partial charge in [-0.2, -0.15) is 5.10 Å². The summed E-state index contributed by atoms with van der Waals surface area (Å²) in [6.07, 6.45) is 9.74. The number of halogens is 1. The standard InChI is InChI=1S/C23H32FN5O/c1-18(14-29-17-25-16-26-29)22(30)27-21-7-11-28(12-8-21)15-23(9-2-3-10-23)19-5-4-6-20(24)13-19/h4-6,13,16-18,21H,2-3,7-12,14-15H2,1H3,(H,27,30). The highest BCUT2D eigenvalue weighted by atomic mass is 19.1. The van der Waals surface area contributed by atoms with E-state index < -0.39 is 0 Å². The molecule has 1 aliphatic carbocycles. The van der Waals surface area contributed by atoms with Crippen molar-refractivity contribution in [3.8, 4) is 0 Å². The van der Waals surface area contributed by atoms with Crippen LogP contribution in [-0.2, 0) is 16.8 Å². The molecule has 1 aromatic carbocycles. The summed E-state index contributed by atoms with van der Waals surface area (Å²) >= 11 is 0. The molecular weight excluding hydrogens is 381 g/mol. The van der Waals surface area contributed by atoms with Gasteiger partial charge in [0.05, 0.1) is 12.5 Å². The lowest BCUT2D eigenvalue weighted by molar-refractivity contribution is -0.126. The maximum atomic E-state index is 13.9. The Balaban J connectivity index is 1.29. The van der Waals surface area contributed by atoms with E-state index in [0.717, 1.165) is 50.9 Å². The first kappa shape index (κ1) is 21.0. The van der Waals surface area contributed by atoms with Crippen LogP contribution in [0, 0.1) is 11.7 Å². The SMILES string of the molecule is CC(Cn1cncn1)C(=O)NC1CCN(CC2(c3cccc(F)c3)CCCC2)CC1. The predicted molar refractivity (Wildman–Crippen MR) is 113 cm³/mol. The van der Waals surface area contributed by atoms with Crippen LogP contribution in [0.3, 0.4) is 0 Å². The summed E-state index contributed by atoms with van der Waals surface area (Å²) in [5.41, 5.74) is 1.22. The number of nitrogens with zero attached hydrogens (tertiary/aromatic N) is 4. The number of hydrogen-bond donors (Lipinski definition) is 1. The smallest absolute Gasteiger partial charge is 0.224 e. The van der Waals surface area contributed by atoms with E-state index in [0.29, 0.717) is 6.54 Å². The second-order valence-corrected chi connectivity index (χ2v) is 9.08. The Bertz CT molecular complexity index is 826. The van der Waals surface area contributed by atoms with Crippen molar-refractivity contribution >= 4 is 5.91 Å². The number of carbonyl (C=O) groups excluding carboxylic acids is 1. The first-order valence-electron chi connectivity index (χ1n) is 11.2. The molecule has 0 spiro atoms. The molecule has 1 aromatic heterocycles. The zero-order valence-corrected chi connectivity index (χ0v) is 17.8. The number of amides is 1. The van der Waals surface area contributed by atoms with Crippen LogP contribution in [0.1, 0.15) is 51.0 Å². The van der Waals surface area contributed by atoms with E-state index in [9.17, 15) is 9.18 Å². The van der Waals surface area contributed by atoms with Gasteiger partial charge in [0.2, 0.25) is 5.91 Å². The summed E-state index contributed by atoms with van der Waals surface area (Å²) in [4.78, 5) is 19.0. The number of piperidine rings is 1. The molecule has 2 aromatic rings. The first-order valence-corrected chi connectivity index (χ1v) is 11.2. The summed E-state index contributed by atoms with van der Waals surface area (Å²) in [6, 6.07) is 7.42. The lowest BCUT2D eigenvalue weighted by Crippen LogP contribution is -2.49. The maximum Gasteiger partial charge on any atom is 0.224 e. The third-order valence-corrected chi connectivity index (χ3v) is 6.83. The fraction of sp³-hybridized carbons (Fsp3) is 0.609. The van der Waals surface area contributed by atoms with Crippen LogP contribution in [0.4, 0.5) is 4.39 Å². The Kier molecular flexibility index (Phi) is 6.46. The number of likely N-dealkylation sites (tertiary alicyclic amines) is 1. The third-order valence-electron chi connectivity index (χ3n) is 6.83. The summed E-state index contributed by atoms with van der Waals surface area (Å²) in [6.45, 7) is 5.40. The van der Waals surface area contributed by atoms with Gasteiger partial charge >= 0.3 is 0 Å². The fourth-order valence-corrected chi connectivity index (χ4v) is 5.11.